The Hall–Kier alpha value is -0.750. The van der Waals surface area contributed by atoms with Crippen LogP contribution in [0.2, 0.25) is 0 Å². The smallest absolute Gasteiger partial charge is 0.263 e. The molecule has 4 nitrogen and oxygen atoms in total. The lowest BCUT2D eigenvalue weighted by Gasteiger charge is -2.20. The van der Waals surface area contributed by atoms with Crippen LogP contribution < -0.4 is 11.2 Å². The summed E-state index contributed by atoms with van der Waals surface area (Å²) in [6.07, 6.45) is -0.175. The molecule has 0 aromatic carbocycles. The summed E-state index contributed by atoms with van der Waals surface area (Å²) in [5, 5.41) is 1.33. The second kappa shape index (κ2) is 3.55. The third-order valence-corrected chi connectivity index (χ3v) is 1.97. The third kappa shape index (κ3) is 2.89. The molecular weight excluding hydrogens is 180 g/mol. The molecule has 1 amide bonds. The number of carbonyl (C=O) groups is 1. The average Bonchev–Trinajstić information content (AvgIpc) is 2.30. The van der Waals surface area contributed by atoms with Crippen LogP contribution in [-0.4, -0.2) is 36.0 Å². The van der Waals surface area contributed by atoms with Crippen molar-refractivity contribution in [1.82, 2.24) is 10.4 Å². The van der Waals surface area contributed by atoms with Crippen LogP contribution in [0.3, 0.4) is 0 Å². The molecule has 1 fully saturated rings. The molecule has 13 heavy (non-hydrogen) atoms. The van der Waals surface area contributed by atoms with Crippen LogP contribution >= 0.6 is 0 Å². The highest BCUT2D eigenvalue weighted by atomic mass is 19.3. The highest BCUT2D eigenvalue weighted by Gasteiger charge is 2.38. The molecule has 1 heterocycles. The summed E-state index contributed by atoms with van der Waals surface area (Å²) < 4.78 is 25.3. The van der Waals surface area contributed by atoms with Gasteiger partial charge in [-0.05, 0) is 6.92 Å². The van der Waals surface area contributed by atoms with Crippen LogP contribution in [0.4, 0.5) is 8.78 Å². The lowest BCUT2D eigenvalue weighted by molar-refractivity contribution is -0.121. The zero-order chi connectivity index (χ0) is 10.1. The number of amides is 1. The summed E-state index contributed by atoms with van der Waals surface area (Å²) in [7, 11) is 0. The molecule has 0 aromatic rings. The standard InChI is InChI=1S/C7H13F2N3O/c1-5(6(10)13)11-12-3-2-7(8,9)4-12/h5,11H,2-4H2,1H3,(H2,10,13). The number of nitrogens with two attached hydrogens (primary N) is 1. The number of hydrazine groups is 1. The van der Waals surface area contributed by atoms with Crippen LogP contribution in [0.15, 0.2) is 0 Å². The molecule has 0 aromatic heterocycles. The molecule has 6 heteroatoms. The van der Waals surface area contributed by atoms with Gasteiger partial charge in [0.2, 0.25) is 5.91 Å². The number of carbonyl (C=O) groups excluding carboxylic acids is 1. The lowest BCUT2D eigenvalue weighted by atomic mass is 10.3. The van der Waals surface area contributed by atoms with Crippen molar-refractivity contribution in [3.8, 4) is 0 Å². The van der Waals surface area contributed by atoms with Crippen molar-refractivity contribution in [3.63, 3.8) is 0 Å². The van der Waals surface area contributed by atoms with Crippen molar-refractivity contribution in [3.05, 3.63) is 0 Å². The minimum atomic E-state index is -2.65. The molecule has 76 valence electrons. The van der Waals surface area contributed by atoms with Crippen LogP contribution in [-0.2, 0) is 4.79 Å². The second-order valence-electron chi connectivity index (χ2n) is 3.28. The van der Waals surface area contributed by atoms with Crippen molar-refractivity contribution in [2.45, 2.75) is 25.3 Å². The lowest BCUT2D eigenvalue weighted by Crippen LogP contribution is -2.48. The molecule has 0 radical (unpaired) electrons. The van der Waals surface area contributed by atoms with Gasteiger partial charge in [-0.2, -0.15) is 0 Å². The van der Waals surface area contributed by atoms with Gasteiger partial charge in [0.25, 0.3) is 5.92 Å². The second-order valence-corrected chi connectivity index (χ2v) is 3.28. The minimum Gasteiger partial charge on any atom is -0.368 e. The monoisotopic (exact) mass is 193 g/mol. The van der Waals surface area contributed by atoms with Crippen molar-refractivity contribution < 1.29 is 13.6 Å². The summed E-state index contributed by atoms with van der Waals surface area (Å²) >= 11 is 0. The van der Waals surface area contributed by atoms with Crippen molar-refractivity contribution >= 4 is 5.91 Å². The maximum absolute atomic E-state index is 12.6. The Balaban J connectivity index is 2.36. The highest BCUT2D eigenvalue weighted by molar-refractivity contribution is 5.79. The molecule has 0 spiro atoms. The first kappa shape index (κ1) is 10.3. The van der Waals surface area contributed by atoms with E-state index in [0.717, 1.165) is 0 Å². The molecule has 1 rings (SSSR count). The van der Waals surface area contributed by atoms with Crippen molar-refractivity contribution in [1.29, 1.82) is 0 Å². The van der Waals surface area contributed by atoms with E-state index in [2.05, 4.69) is 5.43 Å². The minimum absolute atomic E-state index is 0.175. The molecule has 3 N–H and O–H groups in total. The zero-order valence-electron chi connectivity index (χ0n) is 7.39. The summed E-state index contributed by atoms with van der Waals surface area (Å²) in [4.78, 5) is 10.6. The number of nitrogens with zero attached hydrogens (tertiary/aromatic N) is 1. The Morgan fingerprint density at radius 1 is 1.69 bits per heavy atom. The Kier molecular flexibility index (Phi) is 2.82. The number of hydrogen-bond donors (Lipinski definition) is 2. The van der Waals surface area contributed by atoms with Gasteiger partial charge in [0, 0.05) is 13.0 Å². The highest BCUT2D eigenvalue weighted by Crippen LogP contribution is 2.25. The summed E-state index contributed by atoms with van der Waals surface area (Å²) in [5.41, 5.74) is 7.58. The fraction of sp³-hybridized carbons (Fsp3) is 0.857. The Bertz CT molecular complexity index is 210. The van der Waals surface area contributed by atoms with Gasteiger partial charge in [-0.15, -0.1) is 0 Å². The van der Waals surface area contributed by atoms with Crippen LogP contribution in [0.5, 0.6) is 0 Å². The summed E-state index contributed by atoms with van der Waals surface area (Å²) in [6.45, 7) is 1.42. The summed E-state index contributed by atoms with van der Waals surface area (Å²) in [6, 6.07) is -0.603. The first-order chi connectivity index (χ1) is 5.91. The fourth-order valence-corrected chi connectivity index (χ4v) is 1.18. The van der Waals surface area contributed by atoms with Crippen LogP contribution in [0.25, 0.3) is 0 Å². The number of alkyl halides is 2. The van der Waals surface area contributed by atoms with E-state index < -0.39 is 17.9 Å². The molecule has 1 atom stereocenters. The van der Waals surface area contributed by atoms with E-state index in [-0.39, 0.29) is 19.5 Å². The van der Waals surface area contributed by atoms with Crippen molar-refractivity contribution in [2.24, 2.45) is 5.73 Å². The number of hydrogen-bond acceptors (Lipinski definition) is 3. The Labute approximate surface area is 75.0 Å². The van der Waals surface area contributed by atoms with E-state index in [0.29, 0.717) is 0 Å². The molecule has 1 unspecified atom stereocenters. The van der Waals surface area contributed by atoms with E-state index in [4.69, 9.17) is 5.73 Å². The normalized spacial score (nSPS) is 24.5. The van der Waals surface area contributed by atoms with Gasteiger partial charge in [-0.1, -0.05) is 0 Å². The van der Waals surface area contributed by atoms with Crippen molar-refractivity contribution in [2.75, 3.05) is 13.1 Å². The van der Waals surface area contributed by atoms with Gasteiger partial charge < -0.3 is 5.73 Å². The van der Waals surface area contributed by atoms with Gasteiger partial charge in [0.15, 0.2) is 0 Å². The van der Waals surface area contributed by atoms with Gasteiger partial charge in [0.1, 0.15) is 0 Å². The van der Waals surface area contributed by atoms with Gasteiger partial charge in [-0.25, -0.2) is 19.2 Å². The molecule has 0 aliphatic carbocycles. The van der Waals surface area contributed by atoms with Gasteiger partial charge in [-0.3, -0.25) is 4.79 Å². The SMILES string of the molecule is CC(NN1CCC(F)(F)C1)C(N)=O. The number of nitrogens with one attached hydrogen (secondary N) is 1. The molecule has 1 aliphatic rings. The Morgan fingerprint density at radius 3 is 2.69 bits per heavy atom. The predicted octanol–water partition coefficient (Wildman–Crippen LogP) is -0.294. The van der Waals surface area contributed by atoms with Crippen LogP contribution in [0, 0.1) is 0 Å². The number of rotatable bonds is 3. The first-order valence-corrected chi connectivity index (χ1v) is 4.09. The maximum Gasteiger partial charge on any atom is 0.263 e. The molecule has 0 bridgehead atoms. The topological polar surface area (TPSA) is 58.4 Å². The molecule has 1 saturated heterocycles. The quantitative estimate of drug-likeness (QED) is 0.647. The maximum atomic E-state index is 12.6. The first-order valence-electron chi connectivity index (χ1n) is 4.09. The average molecular weight is 193 g/mol. The van der Waals surface area contributed by atoms with E-state index in [1.54, 1.807) is 6.92 Å². The third-order valence-electron chi connectivity index (χ3n) is 1.97. The number of halogens is 2. The Morgan fingerprint density at radius 2 is 2.31 bits per heavy atom. The largest absolute Gasteiger partial charge is 0.368 e. The van der Waals surface area contributed by atoms with E-state index in [9.17, 15) is 13.6 Å². The van der Waals surface area contributed by atoms with E-state index in [1.165, 1.54) is 5.01 Å². The summed E-state index contributed by atoms with van der Waals surface area (Å²) in [5.74, 6) is -3.19. The molecule has 0 saturated carbocycles. The van der Waals surface area contributed by atoms with Gasteiger partial charge in [0.05, 0.1) is 12.6 Å². The van der Waals surface area contributed by atoms with E-state index in [1.807, 2.05) is 0 Å². The predicted molar refractivity (Wildman–Crippen MR) is 42.9 cm³/mol. The molecule has 1 aliphatic heterocycles. The molecular formula is C7H13F2N3O. The van der Waals surface area contributed by atoms with Gasteiger partial charge >= 0.3 is 0 Å². The number of primary amides is 1. The van der Waals surface area contributed by atoms with Crippen LogP contribution in [0.1, 0.15) is 13.3 Å². The van der Waals surface area contributed by atoms with E-state index >= 15 is 0 Å². The fourth-order valence-electron chi connectivity index (χ4n) is 1.18. The zero-order valence-corrected chi connectivity index (χ0v) is 7.39.